The minimum absolute atomic E-state index is 0.218. The first-order chi connectivity index (χ1) is 14.6. The molecule has 0 aromatic heterocycles. The first kappa shape index (κ1) is 22.1. The van der Waals surface area contributed by atoms with Gasteiger partial charge in [0, 0.05) is 5.88 Å². The molecule has 0 spiro atoms. The van der Waals surface area contributed by atoms with Crippen LogP contribution in [0.3, 0.4) is 0 Å². The third kappa shape index (κ3) is 5.73. The molecule has 0 aliphatic heterocycles. The maximum atomic E-state index is 9.92. The third-order valence-corrected chi connectivity index (χ3v) is 5.16. The van der Waals surface area contributed by atoms with Crippen LogP contribution >= 0.6 is 11.6 Å². The Morgan fingerprint density at radius 1 is 0.833 bits per heavy atom. The van der Waals surface area contributed by atoms with Crippen LogP contribution in [0.5, 0.6) is 5.75 Å². The molecule has 0 saturated heterocycles. The summed E-state index contributed by atoms with van der Waals surface area (Å²) in [6.07, 6.45) is 0.126. The fourth-order valence-electron chi connectivity index (χ4n) is 3.31. The van der Waals surface area contributed by atoms with E-state index in [1.54, 1.807) is 4.90 Å². The number of benzene rings is 3. The van der Waals surface area contributed by atoms with Crippen LogP contribution in [0.4, 0.5) is 0 Å². The van der Waals surface area contributed by atoms with Crippen molar-refractivity contribution in [2.45, 2.75) is 12.6 Å². The molecule has 1 N–H and O–H groups in total. The molecular formula is C26H28ClNO2. The van der Waals surface area contributed by atoms with E-state index in [-0.39, 0.29) is 6.61 Å². The summed E-state index contributed by atoms with van der Waals surface area (Å²) in [4.78, 5) is 1.71. The molecule has 4 heteroatoms. The molecule has 0 aliphatic carbocycles. The van der Waals surface area contributed by atoms with Crippen LogP contribution < -0.4 is 4.74 Å². The highest BCUT2D eigenvalue weighted by molar-refractivity contribution is 6.18. The van der Waals surface area contributed by atoms with Crippen molar-refractivity contribution in [1.82, 2.24) is 4.90 Å². The fraction of sp³-hybridized carbons (Fsp3) is 0.231. The summed E-state index contributed by atoms with van der Waals surface area (Å²) in [5.41, 5.74) is 5.81. The Kier molecular flexibility index (Phi) is 8.09. The predicted molar refractivity (Wildman–Crippen MR) is 126 cm³/mol. The quantitative estimate of drug-likeness (QED) is 0.280. The Bertz CT molecular complexity index is 938. The van der Waals surface area contributed by atoms with Gasteiger partial charge >= 0.3 is 0 Å². The van der Waals surface area contributed by atoms with E-state index in [1.807, 2.05) is 38.4 Å². The highest BCUT2D eigenvalue weighted by atomic mass is 35.5. The minimum atomic E-state index is -0.641. The van der Waals surface area contributed by atoms with Gasteiger partial charge in [0.2, 0.25) is 0 Å². The average Bonchev–Trinajstić information content (AvgIpc) is 2.79. The van der Waals surface area contributed by atoms with E-state index in [0.29, 0.717) is 5.88 Å². The second kappa shape index (κ2) is 11.0. The second-order valence-corrected chi connectivity index (χ2v) is 7.68. The number of ether oxygens (including phenoxy) is 1. The van der Waals surface area contributed by atoms with Crippen LogP contribution in [0.25, 0.3) is 11.1 Å². The van der Waals surface area contributed by atoms with Gasteiger partial charge in [0.05, 0.1) is 0 Å². The standard InChI is InChI=1S/C26H28ClNO2/c1-28(2)25(29)19-30-23-15-13-22(14-16-23)26(21-11-7-4-8-12-21)24(17-18-27)20-9-5-3-6-10-20/h3-16,25,29H,17-19H2,1-2H3. The molecule has 0 bridgehead atoms. The number of hydrogen-bond donors (Lipinski definition) is 1. The predicted octanol–water partition coefficient (Wildman–Crippen LogP) is 5.53. The Morgan fingerprint density at radius 2 is 1.37 bits per heavy atom. The Balaban J connectivity index is 2.01. The molecule has 0 heterocycles. The van der Waals surface area contributed by atoms with Gasteiger partial charge in [-0.15, -0.1) is 11.6 Å². The van der Waals surface area contributed by atoms with E-state index in [4.69, 9.17) is 16.3 Å². The topological polar surface area (TPSA) is 32.7 Å². The van der Waals surface area contributed by atoms with Crippen molar-refractivity contribution in [3.05, 3.63) is 102 Å². The van der Waals surface area contributed by atoms with Gasteiger partial charge in [-0.05, 0) is 60.5 Å². The van der Waals surface area contributed by atoms with Crippen molar-refractivity contribution < 1.29 is 9.84 Å². The van der Waals surface area contributed by atoms with Crippen LogP contribution in [0.15, 0.2) is 84.9 Å². The molecule has 1 atom stereocenters. The number of aliphatic hydroxyl groups excluding tert-OH is 1. The SMILES string of the molecule is CN(C)C(O)COc1ccc(C(=C(CCCl)c2ccccc2)c2ccccc2)cc1. The second-order valence-electron chi connectivity index (χ2n) is 7.30. The van der Waals surface area contributed by atoms with E-state index in [1.165, 1.54) is 16.7 Å². The van der Waals surface area contributed by atoms with Crippen LogP contribution in [0.1, 0.15) is 23.1 Å². The first-order valence-electron chi connectivity index (χ1n) is 10.1. The maximum Gasteiger partial charge on any atom is 0.141 e. The molecule has 3 nitrogen and oxygen atoms in total. The zero-order chi connectivity index (χ0) is 21.3. The molecular weight excluding hydrogens is 394 g/mol. The number of allylic oxidation sites excluding steroid dienone is 1. The van der Waals surface area contributed by atoms with Gasteiger partial charge in [0.15, 0.2) is 0 Å². The van der Waals surface area contributed by atoms with Gasteiger partial charge in [-0.25, -0.2) is 0 Å². The Labute approximate surface area is 184 Å². The monoisotopic (exact) mass is 421 g/mol. The molecule has 0 aliphatic rings. The van der Waals surface area contributed by atoms with Crippen molar-refractivity contribution in [2.24, 2.45) is 0 Å². The molecule has 1 unspecified atom stereocenters. The van der Waals surface area contributed by atoms with E-state index in [2.05, 4.69) is 60.7 Å². The fourth-order valence-corrected chi connectivity index (χ4v) is 3.49. The highest BCUT2D eigenvalue weighted by Gasteiger charge is 2.14. The minimum Gasteiger partial charge on any atom is -0.489 e. The maximum absolute atomic E-state index is 9.92. The number of rotatable bonds is 9. The van der Waals surface area contributed by atoms with E-state index in [0.717, 1.165) is 23.3 Å². The highest BCUT2D eigenvalue weighted by Crippen LogP contribution is 2.35. The lowest BCUT2D eigenvalue weighted by Crippen LogP contribution is -2.33. The van der Waals surface area contributed by atoms with Crippen LogP contribution in [0, 0.1) is 0 Å². The summed E-state index contributed by atoms with van der Waals surface area (Å²) >= 11 is 6.20. The molecule has 0 radical (unpaired) electrons. The normalized spacial score (nSPS) is 13.1. The Hall–Kier alpha value is -2.59. The molecule has 3 aromatic carbocycles. The smallest absolute Gasteiger partial charge is 0.141 e. The van der Waals surface area contributed by atoms with Gasteiger partial charge in [0.1, 0.15) is 18.6 Å². The number of likely N-dealkylation sites (N-methyl/N-ethyl adjacent to an activating group) is 1. The summed E-state index contributed by atoms with van der Waals surface area (Å²) in [7, 11) is 3.63. The summed E-state index contributed by atoms with van der Waals surface area (Å²) in [5.74, 6) is 1.27. The van der Waals surface area contributed by atoms with Crippen LogP contribution in [-0.4, -0.2) is 42.8 Å². The lowest BCUT2D eigenvalue weighted by atomic mass is 9.88. The molecule has 30 heavy (non-hydrogen) atoms. The number of hydrogen-bond acceptors (Lipinski definition) is 3. The lowest BCUT2D eigenvalue weighted by molar-refractivity contribution is 0.00187. The Morgan fingerprint density at radius 3 is 1.90 bits per heavy atom. The van der Waals surface area contributed by atoms with Crippen molar-refractivity contribution >= 4 is 22.7 Å². The zero-order valence-electron chi connectivity index (χ0n) is 17.5. The number of aliphatic hydroxyl groups is 1. The van der Waals surface area contributed by atoms with Crippen molar-refractivity contribution in [3.8, 4) is 5.75 Å². The number of halogens is 1. The van der Waals surface area contributed by atoms with E-state index >= 15 is 0 Å². The van der Waals surface area contributed by atoms with Gasteiger partial charge < -0.3 is 9.84 Å². The largest absolute Gasteiger partial charge is 0.489 e. The molecule has 0 fully saturated rings. The average molecular weight is 422 g/mol. The summed E-state index contributed by atoms with van der Waals surface area (Å²) in [6, 6.07) is 28.8. The van der Waals surface area contributed by atoms with E-state index in [9.17, 15) is 5.11 Å². The molecule has 3 rings (SSSR count). The van der Waals surface area contributed by atoms with Gasteiger partial charge in [-0.2, -0.15) is 0 Å². The molecule has 0 saturated carbocycles. The number of alkyl halides is 1. The van der Waals surface area contributed by atoms with E-state index < -0.39 is 6.23 Å². The third-order valence-electron chi connectivity index (χ3n) is 4.97. The van der Waals surface area contributed by atoms with Crippen LogP contribution in [0.2, 0.25) is 0 Å². The molecule has 3 aromatic rings. The zero-order valence-corrected chi connectivity index (χ0v) is 18.2. The van der Waals surface area contributed by atoms with Gasteiger partial charge in [0.25, 0.3) is 0 Å². The molecule has 156 valence electrons. The van der Waals surface area contributed by atoms with Crippen molar-refractivity contribution in [3.63, 3.8) is 0 Å². The van der Waals surface area contributed by atoms with Gasteiger partial charge in [-0.3, -0.25) is 4.90 Å². The van der Waals surface area contributed by atoms with Crippen molar-refractivity contribution in [1.29, 1.82) is 0 Å². The summed E-state index contributed by atoms with van der Waals surface area (Å²) < 4.78 is 5.73. The van der Waals surface area contributed by atoms with Gasteiger partial charge in [-0.1, -0.05) is 72.8 Å². The first-order valence-corrected chi connectivity index (χ1v) is 10.6. The summed E-state index contributed by atoms with van der Waals surface area (Å²) in [5, 5.41) is 9.92. The van der Waals surface area contributed by atoms with Crippen LogP contribution in [-0.2, 0) is 0 Å². The number of nitrogens with zero attached hydrogens (tertiary/aromatic N) is 1. The lowest BCUT2D eigenvalue weighted by Gasteiger charge is -2.19. The molecule has 0 amide bonds. The summed E-state index contributed by atoms with van der Waals surface area (Å²) in [6.45, 7) is 0.218. The van der Waals surface area contributed by atoms with Crippen molar-refractivity contribution in [2.75, 3.05) is 26.6 Å².